The zero-order valence-corrected chi connectivity index (χ0v) is 13.8. The average Bonchev–Trinajstić information content (AvgIpc) is 2.82. The maximum absolute atomic E-state index is 9.67. The first-order chi connectivity index (χ1) is 9.97. The van der Waals surface area contributed by atoms with Gasteiger partial charge in [-0.2, -0.15) is 0 Å². The van der Waals surface area contributed by atoms with Gasteiger partial charge in [-0.3, -0.25) is 4.57 Å². The zero-order chi connectivity index (χ0) is 15.1. The molecule has 3 rings (SSSR count). The number of imidazole rings is 1. The van der Waals surface area contributed by atoms with E-state index in [1.54, 1.807) is 6.92 Å². The monoisotopic (exact) mass is 344 g/mol. The van der Waals surface area contributed by atoms with E-state index in [-0.39, 0.29) is 0 Å². The van der Waals surface area contributed by atoms with Gasteiger partial charge in [0.2, 0.25) is 0 Å². The van der Waals surface area contributed by atoms with Crippen molar-refractivity contribution in [1.82, 2.24) is 9.55 Å². The van der Waals surface area contributed by atoms with Gasteiger partial charge in [0.1, 0.15) is 6.33 Å². The molecule has 0 spiro atoms. The number of hydrogen-bond acceptors (Lipinski definition) is 2. The van der Waals surface area contributed by atoms with E-state index in [1.807, 2.05) is 24.5 Å². The van der Waals surface area contributed by atoms with Crippen LogP contribution >= 0.6 is 15.9 Å². The standard InChI is InChI=1S/C17H17BrN2O/c1-10-6-15-17(7-11(10)2)20(9-19-15)16-5-4-13(12(3)21)8-14(16)18/h4-9,12,21H,1-3H3/t12-/m1/s1. The Labute approximate surface area is 132 Å². The average molecular weight is 345 g/mol. The lowest BCUT2D eigenvalue weighted by molar-refractivity contribution is 0.199. The Morgan fingerprint density at radius 3 is 2.52 bits per heavy atom. The molecule has 0 unspecified atom stereocenters. The van der Waals surface area contributed by atoms with Crippen molar-refractivity contribution in [2.45, 2.75) is 26.9 Å². The molecule has 1 aromatic heterocycles. The molecule has 21 heavy (non-hydrogen) atoms. The Morgan fingerprint density at radius 2 is 1.86 bits per heavy atom. The van der Waals surface area contributed by atoms with Crippen LogP contribution < -0.4 is 0 Å². The molecular weight excluding hydrogens is 328 g/mol. The molecular formula is C17H17BrN2O. The molecule has 0 radical (unpaired) electrons. The normalized spacial score (nSPS) is 12.8. The molecule has 1 atom stereocenters. The summed E-state index contributed by atoms with van der Waals surface area (Å²) in [5.74, 6) is 0. The molecule has 0 amide bonds. The van der Waals surface area contributed by atoms with Crippen LogP contribution in [0.25, 0.3) is 16.7 Å². The van der Waals surface area contributed by atoms with Crippen molar-refractivity contribution in [2.24, 2.45) is 0 Å². The highest BCUT2D eigenvalue weighted by atomic mass is 79.9. The van der Waals surface area contributed by atoms with E-state index >= 15 is 0 Å². The molecule has 1 N–H and O–H groups in total. The summed E-state index contributed by atoms with van der Waals surface area (Å²) in [7, 11) is 0. The van der Waals surface area contributed by atoms with E-state index in [2.05, 4.69) is 51.5 Å². The van der Waals surface area contributed by atoms with Crippen LogP contribution in [-0.4, -0.2) is 14.7 Å². The van der Waals surface area contributed by atoms with Crippen molar-refractivity contribution in [1.29, 1.82) is 0 Å². The predicted octanol–water partition coefficient (Wildman–Crippen LogP) is 4.46. The summed E-state index contributed by atoms with van der Waals surface area (Å²) in [5, 5.41) is 9.67. The van der Waals surface area contributed by atoms with Crippen molar-refractivity contribution in [3.05, 3.63) is 57.8 Å². The van der Waals surface area contributed by atoms with Crippen LogP contribution in [0.3, 0.4) is 0 Å². The third-order valence-corrected chi connectivity index (χ3v) is 4.51. The molecule has 0 aliphatic heterocycles. The van der Waals surface area contributed by atoms with Crippen molar-refractivity contribution >= 4 is 27.0 Å². The lowest BCUT2D eigenvalue weighted by Crippen LogP contribution is -1.97. The van der Waals surface area contributed by atoms with E-state index in [9.17, 15) is 5.11 Å². The van der Waals surface area contributed by atoms with Gasteiger partial charge in [-0.1, -0.05) is 6.07 Å². The van der Waals surface area contributed by atoms with Gasteiger partial charge in [0.05, 0.1) is 22.8 Å². The zero-order valence-electron chi connectivity index (χ0n) is 12.3. The number of aromatic nitrogens is 2. The number of benzene rings is 2. The topological polar surface area (TPSA) is 38.0 Å². The number of nitrogens with zero attached hydrogens (tertiary/aromatic N) is 2. The maximum Gasteiger partial charge on any atom is 0.100 e. The Kier molecular flexibility index (Phi) is 3.59. The summed E-state index contributed by atoms with van der Waals surface area (Å²) in [6.07, 6.45) is 1.37. The fourth-order valence-electron chi connectivity index (χ4n) is 2.43. The van der Waals surface area contributed by atoms with Gasteiger partial charge in [-0.15, -0.1) is 0 Å². The SMILES string of the molecule is Cc1cc2ncn(-c3ccc([C@@H](C)O)cc3Br)c2cc1C. The molecule has 3 nitrogen and oxygen atoms in total. The van der Waals surface area contributed by atoms with E-state index in [0.29, 0.717) is 0 Å². The Bertz CT molecular complexity index is 821. The second-order valence-corrected chi connectivity index (χ2v) is 6.28. The van der Waals surface area contributed by atoms with Gasteiger partial charge < -0.3 is 5.11 Å². The second kappa shape index (κ2) is 5.28. The van der Waals surface area contributed by atoms with Crippen molar-refractivity contribution < 1.29 is 5.11 Å². The number of aryl methyl sites for hydroxylation is 2. The molecule has 108 valence electrons. The van der Waals surface area contributed by atoms with Crippen LogP contribution in [0.5, 0.6) is 0 Å². The summed E-state index contributed by atoms with van der Waals surface area (Å²) < 4.78 is 3.01. The number of aliphatic hydroxyl groups is 1. The summed E-state index contributed by atoms with van der Waals surface area (Å²) >= 11 is 3.60. The van der Waals surface area contributed by atoms with E-state index in [0.717, 1.165) is 26.8 Å². The third-order valence-electron chi connectivity index (χ3n) is 3.88. The highest BCUT2D eigenvalue weighted by Gasteiger charge is 2.11. The van der Waals surface area contributed by atoms with Gasteiger partial charge in [0, 0.05) is 4.47 Å². The van der Waals surface area contributed by atoms with Crippen molar-refractivity contribution in [2.75, 3.05) is 0 Å². The minimum atomic E-state index is -0.472. The quantitative estimate of drug-likeness (QED) is 0.745. The minimum Gasteiger partial charge on any atom is -0.389 e. The number of fused-ring (bicyclic) bond motifs is 1. The first-order valence-electron chi connectivity index (χ1n) is 6.89. The summed E-state index contributed by atoms with van der Waals surface area (Å²) in [6, 6.07) is 10.2. The molecule has 3 aromatic rings. The van der Waals surface area contributed by atoms with Crippen LogP contribution in [-0.2, 0) is 0 Å². The number of aliphatic hydroxyl groups excluding tert-OH is 1. The van der Waals surface area contributed by atoms with Gasteiger partial charge in [0.25, 0.3) is 0 Å². The maximum atomic E-state index is 9.67. The van der Waals surface area contributed by atoms with Crippen LogP contribution in [0, 0.1) is 13.8 Å². The minimum absolute atomic E-state index is 0.472. The Hall–Kier alpha value is -1.65. The Morgan fingerprint density at radius 1 is 1.14 bits per heavy atom. The molecule has 1 heterocycles. The molecule has 0 aliphatic rings. The molecule has 0 fully saturated rings. The van der Waals surface area contributed by atoms with E-state index in [1.165, 1.54) is 11.1 Å². The van der Waals surface area contributed by atoms with Gasteiger partial charge >= 0.3 is 0 Å². The lowest BCUT2D eigenvalue weighted by Gasteiger charge is -2.11. The van der Waals surface area contributed by atoms with Crippen molar-refractivity contribution in [3.8, 4) is 5.69 Å². The van der Waals surface area contributed by atoms with Crippen molar-refractivity contribution in [3.63, 3.8) is 0 Å². The van der Waals surface area contributed by atoms with E-state index in [4.69, 9.17) is 0 Å². The largest absolute Gasteiger partial charge is 0.389 e. The van der Waals surface area contributed by atoms with Crippen LogP contribution in [0.15, 0.2) is 41.1 Å². The molecule has 0 aliphatic carbocycles. The number of rotatable bonds is 2. The number of halogens is 1. The van der Waals surface area contributed by atoms with Crippen LogP contribution in [0.4, 0.5) is 0 Å². The van der Waals surface area contributed by atoms with Gasteiger partial charge in [-0.25, -0.2) is 4.98 Å². The highest BCUT2D eigenvalue weighted by Crippen LogP contribution is 2.29. The first-order valence-corrected chi connectivity index (χ1v) is 7.69. The van der Waals surface area contributed by atoms with Crippen LogP contribution in [0.2, 0.25) is 0 Å². The first kappa shape index (κ1) is 14.3. The third kappa shape index (κ3) is 2.49. The smallest absolute Gasteiger partial charge is 0.100 e. The predicted molar refractivity (Wildman–Crippen MR) is 88.9 cm³/mol. The van der Waals surface area contributed by atoms with Gasteiger partial charge in [-0.05, 0) is 77.7 Å². The molecule has 0 bridgehead atoms. The molecule has 4 heteroatoms. The Balaban J connectivity index is 2.19. The second-order valence-electron chi connectivity index (χ2n) is 5.43. The molecule has 0 saturated heterocycles. The fraction of sp³-hybridized carbons (Fsp3) is 0.235. The molecule has 0 saturated carbocycles. The molecule has 2 aromatic carbocycles. The summed E-state index contributed by atoms with van der Waals surface area (Å²) in [6.45, 7) is 5.97. The van der Waals surface area contributed by atoms with E-state index < -0.39 is 6.10 Å². The van der Waals surface area contributed by atoms with Gasteiger partial charge in [0.15, 0.2) is 0 Å². The highest BCUT2D eigenvalue weighted by molar-refractivity contribution is 9.10. The fourth-order valence-corrected chi connectivity index (χ4v) is 3.02. The van der Waals surface area contributed by atoms with Crippen LogP contribution in [0.1, 0.15) is 29.7 Å². The summed E-state index contributed by atoms with van der Waals surface area (Å²) in [4.78, 5) is 4.49. The lowest BCUT2D eigenvalue weighted by atomic mass is 10.1. The summed E-state index contributed by atoms with van der Waals surface area (Å²) in [5.41, 5.74) is 6.48. The number of hydrogen-bond donors (Lipinski definition) is 1.